The number of fused-ring (bicyclic) bond motifs is 1. The number of anilines is 1. The summed E-state index contributed by atoms with van der Waals surface area (Å²) in [6, 6.07) is 6.20. The van der Waals surface area contributed by atoms with Crippen LogP contribution in [-0.4, -0.2) is 5.91 Å². The van der Waals surface area contributed by atoms with Gasteiger partial charge in [0.15, 0.2) is 0 Å². The highest BCUT2D eigenvalue weighted by atomic mass is 32.1. The molecule has 1 N–H and O–H groups in total. The van der Waals surface area contributed by atoms with E-state index in [4.69, 9.17) is 0 Å². The van der Waals surface area contributed by atoms with Gasteiger partial charge in [-0.2, -0.15) is 5.26 Å². The Kier molecular flexibility index (Phi) is 4.94. The minimum atomic E-state index is -0.180. The summed E-state index contributed by atoms with van der Waals surface area (Å²) in [5.41, 5.74) is 1.82. The molecule has 2 heterocycles. The Morgan fingerprint density at radius 1 is 1.57 bits per heavy atom. The highest BCUT2D eigenvalue weighted by molar-refractivity contribution is 7.16. The number of hydrogen-bond acceptors (Lipinski definition) is 4. The highest BCUT2D eigenvalue weighted by Crippen LogP contribution is 2.39. The molecule has 0 spiro atoms. The van der Waals surface area contributed by atoms with E-state index in [1.54, 1.807) is 28.7 Å². The zero-order chi connectivity index (χ0) is 16.2. The van der Waals surface area contributed by atoms with Gasteiger partial charge in [-0.15, -0.1) is 22.7 Å². The summed E-state index contributed by atoms with van der Waals surface area (Å²) in [5, 5.41) is 15.0. The van der Waals surface area contributed by atoms with Crippen LogP contribution in [0.15, 0.2) is 23.6 Å². The summed E-state index contributed by atoms with van der Waals surface area (Å²) < 4.78 is 0. The van der Waals surface area contributed by atoms with Gasteiger partial charge >= 0.3 is 0 Å². The molecule has 3 nitrogen and oxygen atoms in total. The number of nitrogens with one attached hydrogen (secondary N) is 1. The summed E-state index contributed by atoms with van der Waals surface area (Å²) in [7, 11) is 0. The molecule has 1 aliphatic rings. The second kappa shape index (κ2) is 7.12. The number of thiophene rings is 2. The van der Waals surface area contributed by atoms with Crippen molar-refractivity contribution in [1.29, 1.82) is 5.26 Å². The number of nitrogens with zero attached hydrogens (tertiary/aromatic N) is 1. The maximum atomic E-state index is 12.1. The van der Waals surface area contributed by atoms with E-state index in [2.05, 4.69) is 18.3 Å². The lowest BCUT2D eigenvalue weighted by molar-refractivity contribution is -0.111. The van der Waals surface area contributed by atoms with E-state index < -0.39 is 0 Å². The smallest absolute Gasteiger partial charge is 0.249 e. The number of hydrogen-bond donors (Lipinski definition) is 1. The lowest BCUT2D eigenvalue weighted by Crippen LogP contribution is -2.12. The van der Waals surface area contributed by atoms with Crippen LogP contribution in [0.3, 0.4) is 0 Å². The van der Waals surface area contributed by atoms with Crippen molar-refractivity contribution in [2.45, 2.75) is 32.6 Å². The fourth-order valence-corrected chi connectivity index (χ4v) is 4.84. The molecule has 2 aromatic rings. The Labute approximate surface area is 144 Å². The molecule has 118 valence electrons. The molecular weight excluding hydrogens is 324 g/mol. The van der Waals surface area contributed by atoms with Crippen molar-refractivity contribution in [1.82, 2.24) is 0 Å². The van der Waals surface area contributed by atoms with E-state index in [0.717, 1.165) is 29.7 Å². The van der Waals surface area contributed by atoms with Crippen molar-refractivity contribution < 1.29 is 4.79 Å². The van der Waals surface area contributed by atoms with Crippen molar-refractivity contribution in [2.24, 2.45) is 5.92 Å². The first-order chi connectivity index (χ1) is 11.2. The Morgan fingerprint density at radius 2 is 2.43 bits per heavy atom. The van der Waals surface area contributed by atoms with Crippen LogP contribution in [0.25, 0.3) is 6.08 Å². The summed E-state index contributed by atoms with van der Waals surface area (Å²) in [4.78, 5) is 14.4. The summed E-state index contributed by atoms with van der Waals surface area (Å²) >= 11 is 3.16. The lowest BCUT2D eigenvalue weighted by atomic mass is 9.86. The molecule has 1 atom stereocenters. The fraction of sp³-hybridized carbons (Fsp3) is 0.333. The third-order valence-electron chi connectivity index (χ3n) is 4.24. The van der Waals surface area contributed by atoms with Crippen molar-refractivity contribution in [2.75, 3.05) is 5.32 Å². The number of rotatable bonds is 4. The molecule has 0 aromatic carbocycles. The Bertz CT molecular complexity index is 766. The van der Waals surface area contributed by atoms with Crippen LogP contribution in [0.1, 0.15) is 40.6 Å². The molecule has 2 aromatic heterocycles. The molecular formula is C18H18N2OS2. The number of amides is 1. The third kappa shape index (κ3) is 3.54. The molecule has 0 bridgehead atoms. The lowest BCUT2D eigenvalue weighted by Gasteiger charge is -2.20. The highest BCUT2D eigenvalue weighted by Gasteiger charge is 2.25. The van der Waals surface area contributed by atoms with Gasteiger partial charge in [-0.05, 0) is 48.3 Å². The van der Waals surface area contributed by atoms with Crippen molar-refractivity contribution in [3.8, 4) is 6.07 Å². The molecule has 23 heavy (non-hydrogen) atoms. The molecule has 0 radical (unpaired) electrons. The molecule has 0 saturated carbocycles. The summed E-state index contributed by atoms with van der Waals surface area (Å²) in [6.07, 6.45) is 7.62. The topological polar surface area (TPSA) is 52.9 Å². The second-order valence-corrected chi connectivity index (χ2v) is 7.76. The minimum absolute atomic E-state index is 0.180. The number of carbonyl (C=O) groups is 1. The minimum Gasteiger partial charge on any atom is -0.313 e. The maximum absolute atomic E-state index is 12.1. The van der Waals surface area contributed by atoms with Gasteiger partial charge in [-0.25, -0.2) is 0 Å². The van der Waals surface area contributed by atoms with Crippen molar-refractivity contribution in [3.05, 3.63) is 44.5 Å². The predicted molar refractivity (Wildman–Crippen MR) is 96.8 cm³/mol. The molecule has 1 aliphatic carbocycles. The molecule has 5 heteroatoms. The third-order valence-corrected chi connectivity index (χ3v) is 6.24. The summed E-state index contributed by atoms with van der Waals surface area (Å²) in [6.45, 7) is 2.21. The molecule has 1 amide bonds. The van der Waals surface area contributed by atoms with Gasteiger partial charge in [0, 0.05) is 15.8 Å². The van der Waals surface area contributed by atoms with Gasteiger partial charge in [-0.3, -0.25) is 4.79 Å². The second-order valence-electron chi connectivity index (χ2n) is 5.67. The molecule has 3 rings (SSSR count). The van der Waals surface area contributed by atoms with Gasteiger partial charge in [-0.1, -0.05) is 19.4 Å². The summed E-state index contributed by atoms with van der Waals surface area (Å²) in [5.74, 6) is 0.524. The van der Waals surface area contributed by atoms with Gasteiger partial charge in [0.05, 0.1) is 5.56 Å². The average Bonchev–Trinajstić information content (AvgIpc) is 3.19. The van der Waals surface area contributed by atoms with E-state index in [9.17, 15) is 10.1 Å². The van der Waals surface area contributed by atoms with Crippen LogP contribution in [0.4, 0.5) is 5.00 Å². The maximum Gasteiger partial charge on any atom is 0.249 e. The Hall–Kier alpha value is -1.90. The first-order valence-corrected chi connectivity index (χ1v) is 9.48. The molecule has 1 unspecified atom stereocenters. The zero-order valence-electron chi connectivity index (χ0n) is 13.0. The van der Waals surface area contributed by atoms with Crippen LogP contribution in [-0.2, 0) is 17.6 Å². The largest absolute Gasteiger partial charge is 0.313 e. The van der Waals surface area contributed by atoms with Crippen LogP contribution in [0.2, 0.25) is 0 Å². The first-order valence-electron chi connectivity index (χ1n) is 7.78. The quantitative estimate of drug-likeness (QED) is 0.808. The van der Waals surface area contributed by atoms with Crippen LogP contribution in [0.5, 0.6) is 0 Å². The number of carbonyl (C=O) groups excluding carboxylic acids is 1. The van der Waals surface area contributed by atoms with E-state index >= 15 is 0 Å². The molecule has 0 aliphatic heterocycles. The first kappa shape index (κ1) is 16.0. The zero-order valence-corrected chi connectivity index (χ0v) is 14.6. The van der Waals surface area contributed by atoms with Crippen LogP contribution >= 0.6 is 22.7 Å². The van der Waals surface area contributed by atoms with Crippen molar-refractivity contribution >= 4 is 39.7 Å². The standard InChI is InChI=1S/C18H18N2OS2/c1-2-12-5-7-14-15(11-19)18(23-16(14)10-12)20-17(21)8-6-13-4-3-9-22-13/h3-4,6,8-9,12H,2,5,7,10H2,1H3,(H,20,21)/b8-6+. The normalized spacial score (nSPS) is 17.0. The predicted octanol–water partition coefficient (Wildman–Crippen LogP) is 4.85. The van der Waals surface area contributed by atoms with Gasteiger partial charge in [0.2, 0.25) is 5.91 Å². The van der Waals surface area contributed by atoms with Crippen LogP contribution < -0.4 is 5.32 Å². The van der Waals surface area contributed by atoms with Crippen LogP contribution in [0, 0.1) is 17.2 Å². The Morgan fingerprint density at radius 3 is 3.13 bits per heavy atom. The van der Waals surface area contributed by atoms with Gasteiger partial charge in [0.1, 0.15) is 11.1 Å². The monoisotopic (exact) mass is 342 g/mol. The fourth-order valence-electron chi connectivity index (χ4n) is 2.91. The van der Waals surface area contributed by atoms with E-state index in [-0.39, 0.29) is 5.91 Å². The number of nitriles is 1. The molecule has 0 fully saturated rings. The van der Waals surface area contributed by atoms with E-state index in [1.165, 1.54) is 17.4 Å². The Balaban J connectivity index is 1.77. The SMILES string of the molecule is CCC1CCc2c(sc(NC(=O)/C=C/c3cccs3)c2C#N)C1. The average molecular weight is 342 g/mol. The van der Waals surface area contributed by atoms with Crippen molar-refractivity contribution in [3.63, 3.8) is 0 Å². The van der Waals surface area contributed by atoms with E-state index in [1.807, 2.05) is 17.5 Å². The van der Waals surface area contributed by atoms with Gasteiger partial charge < -0.3 is 5.32 Å². The van der Waals surface area contributed by atoms with E-state index in [0.29, 0.717) is 16.5 Å². The molecule has 0 saturated heterocycles. The van der Waals surface area contributed by atoms with Gasteiger partial charge in [0.25, 0.3) is 0 Å².